The first-order valence-corrected chi connectivity index (χ1v) is 23.3. The van der Waals surface area contributed by atoms with E-state index in [1.165, 1.54) is 98.1 Å². The number of hydrogen-bond donors (Lipinski definition) is 0. The molecule has 0 fully saturated rings. The lowest BCUT2D eigenvalue weighted by Crippen LogP contribution is -2.16. The zero-order chi connectivity index (χ0) is 43.5. The van der Waals surface area contributed by atoms with Crippen molar-refractivity contribution in [2.45, 2.75) is 19.3 Å². The lowest BCUT2D eigenvalue weighted by Gasteiger charge is -2.28. The molecule has 0 saturated carbocycles. The van der Waals surface area contributed by atoms with Gasteiger partial charge in [0.05, 0.1) is 5.69 Å². The summed E-state index contributed by atoms with van der Waals surface area (Å²) in [4.78, 5) is 2.41. The largest absolute Gasteiger partial charge is 0.310 e. The first kappa shape index (κ1) is 38.9. The van der Waals surface area contributed by atoms with Crippen LogP contribution >= 0.6 is 11.3 Å². The molecule has 1 aliphatic carbocycles. The summed E-state index contributed by atoms with van der Waals surface area (Å²) in [5.74, 6) is 0. The van der Waals surface area contributed by atoms with Gasteiger partial charge in [0.2, 0.25) is 0 Å². The molecule has 0 atom stereocenters. The maximum Gasteiger partial charge on any atom is 0.0540 e. The van der Waals surface area contributed by atoms with Gasteiger partial charge < -0.3 is 4.90 Å². The lowest BCUT2D eigenvalue weighted by molar-refractivity contribution is 0.662. The second-order valence-corrected chi connectivity index (χ2v) is 18.7. The fourth-order valence-electron chi connectivity index (χ4n) is 10.3. The van der Waals surface area contributed by atoms with Crippen molar-refractivity contribution in [2.75, 3.05) is 4.90 Å². The molecule has 1 aromatic heterocycles. The van der Waals surface area contributed by atoms with Crippen LogP contribution in [0, 0.1) is 0 Å². The Morgan fingerprint density at radius 2 is 0.831 bits per heavy atom. The average Bonchev–Trinajstić information content (AvgIpc) is 3.87. The van der Waals surface area contributed by atoms with E-state index < -0.39 is 0 Å². The lowest BCUT2D eigenvalue weighted by atomic mass is 9.78. The standard InChI is InChI=1S/C63H45NS/c1-63(2)58-38-33-47(39-56(58)57-41-48(42-17-6-3-7-18-42)40-55(61(57)63)45-21-10-5-11-22-45)43-29-34-49(35-30-43)64(59-27-14-12-23-51(59)44-19-8-4-9-20-44)50-36-31-46(32-37-50)52-25-16-26-54-53-24-13-15-28-60(53)65-62(52)54/h3-41H,1-2H3. The number of thiophene rings is 1. The van der Waals surface area contributed by atoms with E-state index in [1.54, 1.807) is 0 Å². The highest BCUT2D eigenvalue weighted by Gasteiger charge is 2.38. The summed E-state index contributed by atoms with van der Waals surface area (Å²) in [7, 11) is 0. The summed E-state index contributed by atoms with van der Waals surface area (Å²) in [6.45, 7) is 4.78. The minimum Gasteiger partial charge on any atom is -0.310 e. The molecular weight excluding hydrogens is 803 g/mol. The van der Waals surface area contributed by atoms with Gasteiger partial charge in [-0.15, -0.1) is 11.3 Å². The zero-order valence-corrected chi connectivity index (χ0v) is 37.2. The molecule has 0 radical (unpaired) electrons. The van der Waals surface area contributed by atoms with E-state index in [9.17, 15) is 0 Å². The fourth-order valence-corrected chi connectivity index (χ4v) is 11.6. The van der Waals surface area contributed by atoms with E-state index >= 15 is 0 Å². The van der Waals surface area contributed by atoms with E-state index in [0.29, 0.717) is 0 Å². The molecule has 0 spiro atoms. The Bertz CT molecular complexity index is 3530. The molecule has 0 unspecified atom stereocenters. The molecule has 1 nitrogen and oxygen atoms in total. The molecule has 65 heavy (non-hydrogen) atoms. The van der Waals surface area contributed by atoms with Gasteiger partial charge in [-0.1, -0.05) is 196 Å². The van der Waals surface area contributed by atoms with Gasteiger partial charge in [0.15, 0.2) is 0 Å². The predicted octanol–water partition coefficient (Wildman–Crippen LogP) is 18.2. The van der Waals surface area contributed by atoms with Crippen molar-refractivity contribution in [3.05, 3.63) is 248 Å². The Morgan fingerprint density at radius 1 is 0.338 bits per heavy atom. The fraction of sp³-hybridized carbons (Fsp3) is 0.0476. The summed E-state index contributed by atoms with van der Waals surface area (Å²) >= 11 is 1.88. The van der Waals surface area contributed by atoms with E-state index in [0.717, 1.165) is 17.1 Å². The summed E-state index contributed by atoms with van der Waals surface area (Å²) in [5, 5.41) is 2.64. The van der Waals surface area contributed by atoms with Crippen LogP contribution in [0.1, 0.15) is 25.0 Å². The maximum atomic E-state index is 2.43. The number of benzene rings is 10. The molecule has 1 aliphatic rings. The Hall–Kier alpha value is -7.78. The van der Waals surface area contributed by atoms with E-state index in [1.807, 2.05) is 11.3 Å². The zero-order valence-electron chi connectivity index (χ0n) is 36.4. The average molecular weight is 848 g/mol. The summed E-state index contributed by atoms with van der Waals surface area (Å²) in [5.41, 5.74) is 20.8. The molecule has 2 heteroatoms. The Balaban J connectivity index is 0.956. The van der Waals surface area contributed by atoms with Gasteiger partial charge in [0.25, 0.3) is 0 Å². The highest BCUT2D eigenvalue weighted by atomic mass is 32.1. The highest BCUT2D eigenvalue weighted by Crippen LogP contribution is 2.54. The number of nitrogens with zero attached hydrogens (tertiary/aromatic N) is 1. The third-order valence-electron chi connectivity index (χ3n) is 13.5. The summed E-state index contributed by atoms with van der Waals surface area (Å²) in [6.07, 6.45) is 0. The van der Waals surface area contributed by atoms with Crippen LogP contribution < -0.4 is 4.90 Å². The minimum atomic E-state index is -0.167. The van der Waals surface area contributed by atoms with Crippen LogP contribution in [0.15, 0.2) is 237 Å². The van der Waals surface area contributed by atoms with Crippen LogP contribution in [0.2, 0.25) is 0 Å². The van der Waals surface area contributed by atoms with Crippen molar-refractivity contribution >= 4 is 48.6 Å². The second-order valence-electron chi connectivity index (χ2n) is 17.7. The van der Waals surface area contributed by atoms with Crippen LogP contribution in [-0.2, 0) is 5.41 Å². The quantitative estimate of drug-likeness (QED) is 0.147. The van der Waals surface area contributed by atoms with Crippen molar-refractivity contribution in [1.82, 2.24) is 0 Å². The first-order chi connectivity index (χ1) is 32.0. The Morgan fingerprint density at radius 3 is 1.54 bits per heavy atom. The monoisotopic (exact) mass is 847 g/mol. The normalized spacial score (nSPS) is 12.6. The van der Waals surface area contributed by atoms with Gasteiger partial charge in [-0.25, -0.2) is 0 Å². The van der Waals surface area contributed by atoms with E-state index in [2.05, 4.69) is 255 Å². The maximum absolute atomic E-state index is 2.43. The summed E-state index contributed by atoms with van der Waals surface area (Å²) in [6, 6.07) is 86.9. The van der Waals surface area contributed by atoms with Gasteiger partial charge in [0.1, 0.15) is 0 Å². The van der Waals surface area contributed by atoms with Crippen molar-refractivity contribution in [3.63, 3.8) is 0 Å². The van der Waals surface area contributed by atoms with Gasteiger partial charge >= 0.3 is 0 Å². The molecular formula is C63H45NS. The Labute approximate surface area is 385 Å². The van der Waals surface area contributed by atoms with E-state index in [-0.39, 0.29) is 5.41 Å². The number of anilines is 3. The smallest absolute Gasteiger partial charge is 0.0540 e. The Kier molecular flexibility index (Phi) is 9.44. The molecule has 0 aliphatic heterocycles. The molecule has 308 valence electrons. The van der Waals surface area contributed by atoms with Gasteiger partial charge in [-0.05, 0) is 127 Å². The molecule has 0 amide bonds. The SMILES string of the molecule is CC1(C)c2ccc(-c3ccc(N(c4ccc(-c5cccc6c5sc5ccccc56)cc4)c4ccccc4-c4ccccc4)cc3)cc2-c2cc(-c3ccccc3)cc(-c3ccccc3)c21. The number of fused-ring (bicyclic) bond motifs is 6. The van der Waals surface area contributed by atoms with Crippen LogP contribution in [0.25, 0.3) is 86.9 Å². The van der Waals surface area contributed by atoms with Crippen LogP contribution in [-0.4, -0.2) is 0 Å². The number of hydrogen-bond acceptors (Lipinski definition) is 2. The minimum absolute atomic E-state index is 0.167. The topological polar surface area (TPSA) is 3.24 Å². The van der Waals surface area contributed by atoms with Crippen molar-refractivity contribution in [2.24, 2.45) is 0 Å². The third kappa shape index (κ3) is 6.69. The van der Waals surface area contributed by atoms with Crippen molar-refractivity contribution in [3.8, 4) is 66.8 Å². The van der Waals surface area contributed by atoms with Crippen LogP contribution in [0.3, 0.4) is 0 Å². The van der Waals surface area contributed by atoms with Crippen molar-refractivity contribution in [1.29, 1.82) is 0 Å². The number of para-hydroxylation sites is 1. The molecule has 0 saturated heterocycles. The number of rotatable bonds is 8. The molecule has 0 bridgehead atoms. The molecule has 10 aromatic carbocycles. The van der Waals surface area contributed by atoms with Crippen LogP contribution in [0.5, 0.6) is 0 Å². The van der Waals surface area contributed by atoms with E-state index in [4.69, 9.17) is 0 Å². The van der Waals surface area contributed by atoms with Gasteiger partial charge in [0, 0.05) is 42.5 Å². The predicted molar refractivity (Wildman–Crippen MR) is 279 cm³/mol. The first-order valence-electron chi connectivity index (χ1n) is 22.5. The second kappa shape index (κ2) is 15.8. The summed E-state index contributed by atoms with van der Waals surface area (Å²) < 4.78 is 2.65. The molecule has 11 aromatic rings. The molecule has 0 N–H and O–H groups in total. The highest BCUT2D eigenvalue weighted by molar-refractivity contribution is 7.26. The molecule has 12 rings (SSSR count). The van der Waals surface area contributed by atoms with Crippen LogP contribution in [0.4, 0.5) is 17.1 Å². The molecule has 1 heterocycles. The van der Waals surface area contributed by atoms with Crippen molar-refractivity contribution < 1.29 is 0 Å². The third-order valence-corrected chi connectivity index (χ3v) is 14.7. The van der Waals surface area contributed by atoms with Gasteiger partial charge in [-0.2, -0.15) is 0 Å². The van der Waals surface area contributed by atoms with Gasteiger partial charge in [-0.3, -0.25) is 0 Å².